The fourth-order valence-corrected chi connectivity index (χ4v) is 5.72. The van der Waals surface area contributed by atoms with Crippen LogP contribution in [0.1, 0.15) is 43.6 Å². The van der Waals surface area contributed by atoms with Crippen molar-refractivity contribution in [2.75, 3.05) is 46.3 Å². The van der Waals surface area contributed by atoms with E-state index in [0.717, 1.165) is 45.4 Å². The summed E-state index contributed by atoms with van der Waals surface area (Å²) in [5.41, 5.74) is 0.277. The highest BCUT2D eigenvalue weighted by Gasteiger charge is 2.64. The van der Waals surface area contributed by atoms with E-state index in [1.807, 2.05) is 16.8 Å². The second-order valence-electron chi connectivity index (χ2n) is 9.17. The van der Waals surface area contributed by atoms with Crippen LogP contribution in [0.2, 0.25) is 0 Å². The summed E-state index contributed by atoms with van der Waals surface area (Å²) < 4.78 is 0. The number of carbonyl (C=O) groups is 2. The predicted octanol–water partition coefficient (Wildman–Crippen LogP) is 1.45. The Bertz CT molecular complexity index is 708. The lowest BCUT2D eigenvalue weighted by Gasteiger charge is -2.46. The minimum Gasteiger partial charge on any atom is -0.345 e. The van der Waals surface area contributed by atoms with Crippen LogP contribution in [0.15, 0.2) is 12.3 Å². The molecule has 7 nitrogen and oxygen atoms in total. The number of nitrogens with zero attached hydrogens (tertiary/aromatic N) is 4. The molecule has 7 heteroatoms. The number of nitrogens with one attached hydrogen (secondary N) is 1. The van der Waals surface area contributed by atoms with E-state index >= 15 is 0 Å². The molecule has 1 N–H and O–H groups in total. The molecule has 1 aromatic heterocycles. The van der Waals surface area contributed by atoms with E-state index in [2.05, 4.69) is 28.9 Å². The van der Waals surface area contributed by atoms with Gasteiger partial charge < -0.3 is 14.7 Å². The molecule has 3 fully saturated rings. The maximum Gasteiger partial charge on any atom is 0.271 e. The average Bonchev–Trinajstić information content (AvgIpc) is 3.32. The van der Waals surface area contributed by atoms with Gasteiger partial charge in [-0.2, -0.15) is 5.10 Å². The first-order valence-corrected chi connectivity index (χ1v) is 10.1. The number of H-pyrrole nitrogens is 1. The Hall–Kier alpha value is -1.89. The Kier molecular flexibility index (Phi) is 4.53. The van der Waals surface area contributed by atoms with Gasteiger partial charge in [-0.25, -0.2) is 0 Å². The summed E-state index contributed by atoms with van der Waals surface area (Å²) in [5, 5.41) is 6.67. The van der Waals surface area contributed by atoms with E-state index in [9.17, 15) is 9.59 Å². The van der Waals surface area contributed by atoms with Gasteiger partial charge in [-0.05, 0) is 31.2 Å². The summed E-state index contributed by atoms with van der Waals surface area (Å²) in [6.45, 7) is 9.67. The number of carbonyl (C=O) groups excluding carboxylic acids is 2. The van der Waals surface area contributed by atoms with E-state index in [1.54, 1.807) is 12.3 Å². The predicted molar refractivity (Wildman–Crippen MR) is 102 cm³/mol. The van der Waals surface area contributed by atoms with Crippen molar-refractivity contribution < 1.29 is 9.59 Å². The first-order valence-electron chi connectivity index (χ1n) is 10.1. The molecule has 0 radical (unpaired) electrons. The molecular weight excluding hydrogens is 342 g/mol. The van der Waals surface area contributed by atoms with Crippen molar-refractivity contribution in [1.82, 2.24) is 24.9 Å². The number of aromatic amines is 1. The van der Waals surface area contributed by atoms with Crippen LogP contribution in [0.25, 0.3) is 0 Å². The van der Waals surface area contributed by atoms with Crippen LogP contribution in [-0.2, 0) is 4.79 Å². The Morgan fingerprint density at radius 2 is 1.96 bits per heavy atom. The lowest BCUT2D eigenvalue weighted by Crippen LogP contribution is -2.53. The number of aromatic nitrogens is 2. The van der Waals surface area contributed by atoms with Crippen LogP contribution in [0.4, 0.5) is 0 Å². The van der Waals surface area contributed by atoms with Gasteiger partial charge in [0.15, 0.2) is 0 Å². The zero-order valence-electron chi connectivity index (χ0n) is 16.7. The molecule has 2 amide bonds. The maximum atomic E-state index is 13.2. The smallest absolute Gasteiger partial charge is 0.271 e. The largest absolute Gasteiger partial charge is 0.345 e. The standard InChI is InChI=1S/C20H31N5O2/c1-15(2)12-24-13-19(20(14-24)7-9-23(3)18(20)27)5-10-25(11-6-19)17(26)16-4-8-21-22-16/h4,8,15H,5-7,9-14H2,1-3H3,(H,21,22). The van der Waals surface area contributed by atoms with Crippen molar-refractivity contribution in [3.05, 3.63) is 18.0 Å². The zero-order valence-corrected chi connectivity index (χ0v) is 16.7. The molecule has 148 valence electrons. The third kappa shape index (κ3) is 2.87. The van der Waals surface area contributed by atoms with E-state index in [-0.39, 0.29) is 16.7 Å². The van der Waals surface area contributed by atoms with E-state index in [4.69, 9.17) is 0 Å². The molecule has 0 aromatic carbocycles. The average molecular weight is 374 g/mol. The van der Waals surface area contributed by atoms with Crippen molar-refractivity contribution >= 4 is 11.8 Å². The van der Waals surface area contributed by atoms with Gasteiger partial charge in [0, 0.05) is 57.9 Å². The molecule has 4 heterocycles. The number of amides is 2. The van der Waals surface area contributed by atoms with Crippen LogP contribution in [0, 0.1) is 16.7 Å². The van der Waals surface area contributed by atoms with Gasteiger partial charge in [-0.3, -0.25) is 14.7 Å². The topological polar surface area (TPSA) is 72.5 Å². The van der Waals surface area contributed by atoms with Crippen molar-refractivity contribution in [2.24, 2.45) is 16.7 Å². The third-order valence-corrected chi connectivity index (χ3v) is 7.03. The normalized spacial score (nSPS) is 28.2. The van der Waals surface area contributed by atoms with Crippen LogP contribution in [0.3, 0.4) is 0 Å². The number of hydrogen-bond donors (Lipinski definition) is 1. The highest BCUT2D eigenvalue weighted by atomic mass is 16.2. The Morgan fingerprint density at radius 1 is 1.22 bits per heavy atom. The van der Waals surface area contributed by atoms with Crippen LogP contribution in [0.5, 0.6) is 0 Å². The summed E-state index contributed by atoms with van der Waals surface area (Å²) in [6.07, 6.45) is 4.37. The van der Waals surface area contributed by atoms with Gasteiger partial charge in [0.25, 0.3) is 5.91 Å². The zero-order chi connectivity index (χ0) is 19.2. The highest BCUT2D eigenvalue weighted by molar-refractivity contribution is 5.92. The number of fused-ring (bicyclic) bond motifs is 1. The molecule has 27 heavy (non-hydrogen) atoms. The van der Waals surface area contributed by atoms with Gasteiger partial charge in [0.2, 0.25) is 5.91 Å². The van der Waals surface area contributed by atoms with E-state index in [0.29, 0.717) is 30.6 Å². The molecule has 0 bridgehead atoms. The minimum atomic E-state index is -0.264. The molecule has 1 unspecified atom stereocenters. The summed E-state index contributed by atoms with van der Waals surface area (Å²) >= 11 is 0. The molecule has 2 spiro atoms. The Labute approximate surface area is 161 Å². The van der Waals surface area contributed by atoms with Gasteiger partial charge >= 0.3 is 0 Å². The second kappa shape index (κ2) is 6.62. The van der Waals surface area contributed by atoms with Crippen LogP contribution in [-0.4, -0.2) is 83.0 Å². The third-order valence-electron chi connectivity index (χ3n) is 7.03. The summed E-state index contributed by atoms with van der Waals surface area (Å²) in [7, 11) is 1.94. The minimum absolute atomic E-state index is 0.00546. The van der Waals surface area contributed by atoms with Crippen LogP contribution >= 0.6 is 0 Å². The Balaban J connectivity index is 1.55. The first kappa shape index (κ1) is 18.5. The monoisotopic (exact) mass is 373 g/mol. The molecule has 3 aliphatic heterocycles. The lowest BCUT2D eigenvalue weighted by molar-refractivity contribution is -0.141. The molecule has 3 aliphatic rings. The fraction of sp³-hybridized carbons (Fsp3) is 0.750. The quantitative estimate of drug-likeness (QED) is 0.870. The molecule has 4 rings (SSSR count). The number of rotatable bonds is 3. The van der Waals surface area contributed by atoms with Crippen molar-refractivity contribution in [1.29, 1.82) is 0 Å². The Morgan fingerprint density at radius 3 is 2.52 bits per heavy atom. The SMILES string of the molecule is CC(C)CN1CC2(CCN(C(=O)c3ccn[nH]3)CC2)C2(CCN(C)C2=O)C1. The van der Waals surface area contributed by atoms with Gasteiger partial charge in [-0.1, -0.05) is 13.8 Å². The van der Waals surface area contributed by atoms with E-state index in [1.165, 1.54) is 0 Å². The molecule has 1 aromatic rings. The number of piperidine rings is 1. The summed E-state index contributed by atoms with van der Waals surface area (Å²) in [4.78, 5) is 32.3. The summed E-state index contributed by atoms with van der Waals surface area (Å²) in [6, 6.07) is 1.73. The van der Waals surface area contributed by atoms with Gasteiger partial charge in [-0.15, -0.1) is 0 Å². The van der Waals surface area contributed by atoms with Gasteiger partial charge in [0.05, 0.1) is 5.41 Å². The highest BCUT2D eigenvalue weighted by Crippen LogP contribution is 2.57. The van der Waals surface area contributed by atoms with Crippen molar-refractivity contribution in [2.45, 2.75) is 33.1 Å². The van der Waals surface area contributed by atoms with Crippen molar-refractivity contribution in [3.8, 4) is 0 Å². The van der Waals surface area contributed by atoms with Crippen molar-refractivity contribution in [3.63, 3.8) is 0 Å². The lowest BCUT2D eigenvalue weighted by atomic mass is 9.60. The summed E-state index contributed by atoms with van der Waals surface area (Å²) in [5.74, 6) is 0.930. The first-order chi connectivity index (χ1) is 12.9. The molecule has 3 saturated heterocycles. The maximum absolute atomic E-state index is 13.2. The number of likely N-dealkylation sites (tertiary alicyclic amines) is 3. The molecule has 1 atom stereocenters. The second-order valence-corrected chi connectivity index (χ2v) is 9.17. The fourth-order valence-electron chi connectivity index (χ4n) is 5.72. The van der Waals surface area contributed by atoms with Crippen LogP contribution < -0.4 is 0 Å². The van der Waals surface area contributed by atoms with Gasteiger partial charge in [0.1, 0.15) is 5.69 Å². The molecule has 0 saturated carbocycles. The molecular formula is C20H31N5O2. The van der Waals surface area contributed by atoms with E-state index < -0.39 is 0 Å². The number of hydrogen-bond acceptors (Lipinski definition) is 4. The molecule has 0 aliphatic carbocycles.